The molecule has 0 radical (unpaired) electrons. The predicted octanol–water partition coefficient (Wildman–Crippen LogP) is 1.60. The van der Waals surface area contributed by atoms with Gasteiger partial charge in [-0.1, -0.05) is 0 Å². The van der Waals surface area contributed by atoms with Gasteiger partial charge in [0, 0.05) is 26.3 Å². The first-order valence-electron chi connectivity index (χ1n) is 6.13. The molecule has 0 aliphatic carbocycles. The Morgan fingerprint density at radius 3 is 2.68 bits per heavy atom. The minimum atomic E-state index is 0.197. The van der Waals surface area contributed by atoms with E-state index in [1.54, 1.807) is 10.9 Å². The summed E-state index contributed by atoms with van der Waals surface area (Å²) in [6.45, 7) is 1.93. The number of rotatable bonds is 3. The van der Waals surface area contributed by atoms with Gasteiger partial charge < -0.3 is 10.2 Å². The molecule has 19 heavy (non-hydrogen) atoms. The Labute approximate surface area is 115 Å². The first-order chi connectivity index (χ1) is 9.20. The SMILES string of the molecule is Cn1cc(Nc2nc(Cl)nc(N3CCCC3)n2)cn1. The number of anilines is 3. The number of nitrogens with zero attached hydrogens (tertiary/aromatic N) is 6. The molecule has 1 aliphatic rings. The van der Waals surface area contributed by atoms with Crippen molar-refractivity contribution in [1.29, 1.82) is 0 Å². The summed E-state index contributed by atoms with van der Waals surface area (Å²) in [7, 11) is 1.85. The van der Waals surface area contributed by atoms with Crippen molar-refractivity contribution < 1.29 is 0 Å². The maximum absolute atomic E-state index is 5.95. The van der Waals surface area contributed by atoms with E-state index in [-0.39, 0.29) is 5.28 Å². The molecule has 0 aromatic carbocycles. The van der Waals surface area contributed by atoms with E-state index < -0.39 is 0 Å². The summed E-state index contributed by atoms with van der Waals surface area (Å²) in [5.41, 5.74) is 0.817. The fourth-order valence-corrected chi connectivity index (χ4v) is 2.22. The van der Waals surface area contributed by atoms with Crippen LogP contribution in [0.15, 0.2) is 12.4 Å². The summed E-state index contributed by atoms with van der Waals surface area (Å²) in [5, 5.41) is 7.34. The number of nitrogens with one attached hydrogen (secondary N) is 1. The second-order valence-corrected chi connectivity index (χ2v) is 4.79. The highest BCUT2D eigenvalue weighted by molar-refractivity contribution is 6.28. The van der Waals surface area contributed by atoms with Crippen LogP contribution >= 0.6 is 11.6 Å². The van der Waals surface area contributed by atoms with Gasteiger partial charge in [-0.15, -0.1) is 0 Å². The molecule has 0 unspecified atom stereocenters. The Balaban J connectivity index is 1.84. The van der Waals surface area contributed by atoms with Gasteiger partial charge in [-0.25, -0.2) is 0 Å². The lowest BCUT2D eigenvalue weighted by atomic mass is 10.4. The fraction of sp³-hybridized carbons (Fsp3) is 0.455. The van der Waals surface area contributed by atoms with E-state index in [1.807, 2.05) is 13.2 Å². The lowest BCUT2D eigenvalue weighted by Crippen LogP contribution is -2.21. The number of aryl methyl sites for hydroxylation is 1. The van der Waals surface area contributed by atoms with Crippen LogP contribution in [0.3, 0.4) is 0 Å². The Morgan fingerprint density at radius 1 is 1.21 bits per heavy atom. The van der Waals surface area contributed by atoms with E-state index >= 15 is 0 Å². The van der Waals surface area contributed by atoms with Gasteiger partial charge in [0.05, 0.1) is 11.9 Å². The minimum absolute atomic E-state index is 0.197. The van der Waals surface area contributed by atoms with Crippen LogP contribution in [0.25, 0.3) is 0 Å². The molecule has 0 bridgehead atoms. The van der Waals surface area contributed by atoms with E-state index in [4.69, 9.17) is 11.6 Å². The highest BCUT2D eigenvalue weighted by atomic mass is 35.5. The van der Waals surface area contributed by atoms with Crippen molar-refractivity contribution in [2.24, 2.45) is 7.05 Å². The molecule has 0 atom stereocenters. The van der Waals surface area contributed by atoms with Crippen molar-refractivity contribution in [3.8, 4) is 0 Å². The Kier molecular flexibility index (Phi) is 3.20. The standard InChI is InChI=1S/C11H14ClN7/c1-18-7-8(6-13-18)14-10-15-9(12)16-11(17-10)19-4-2-3-5-19/h6-7H,2-5H2,1H3,(H,14,15,16,17). The molecular weight excluding hydrogens is 266 g/mol. The molecule has 0 spiro atoms. The molecule has 3 heterocycles. The third-order valence-corrected chi connectivity index (χ3v) is 3.12. The van der Waals surface area contributed by atoms with Gasteiger partial charge in [0.2, 0.25) is 17.2 Å². The molecule has 0 saturated carbocycles. The molecule has 100 valence electrons. The molecule has 1 aliphatic heterocycles. The number of hydrogen-bond donors (Lipinski definition) is 1. The Bertz CT molecular complexity index is 576. The highest BCUT2D eigenvalue weighted by Crippen LogP contribution is 2.20. The smallest absolute Gasteiger partial charge is 0.233 e. The summed E-state index contributed by atoms with van der Waals surface area (Å²) in [6.07, 6.45) is 5.86. The van der Waals surface area contributed by atoms with Crippen LogP contribution in [0.2, 0.25) is 5.28 Å². The van der Waals surface area contributed by atoms with E-state index in [0.717, 1.165) is 31.6 Å². The first kappa shape index (κ1) is 12.2. The van der Waals surface area contributed by atoms with E-state index in [2.05, 4.69) is 30.3 Å². The summed E-state index contributed by atoms with van der Waals surface area (Å²) in [5.74, 6) is 1.07. The Morgan fingerprint density at radius 2 is 2.00 bits per heavy atom. The lowest BCUT2D eigenvalue weighted by Gasteiger charge is -2.15. The van der Waals surface area contributed by atoms with Crippen molar-refractivity contribution in [3.05, 3.63) is 17.7 Å². The fourth-order valence-electron chi connectivity index (χ4n) is 2.07. The zero-order chi connectivity index (χ0) is 13.2. The van der Waals surface area contributed by atoms with Gasteiger partial charge in [-0.2, -0.15) is 20.1 Å². The second-order valence-electron chi connectivity index (χ2n) is 4.45. The summed E-state index contributed by atoms with van der Waals surface area (Å²) in [4.78, 5) is 14.8. The van der Waals surface area contributed by atoms with Gasteiger partial charge >= 0.3 is 0 Å². The molecular formula is C11H14ClN7. The molecule has 2 aromatic heterocycles. The largest absolute Gasteiger partial charge is 0.341 e. The maximum atomic E-state index is 5.95. The molecule has 1 N–H and O–H groups in total. The van der Waals surface area contributed by atoms with Crippen LogP contribution in [-0.2, 0) is 7.05 Å². The summed E-state index contributed by atoms with van der Waals surface area (Å²) in [6, 6.07) is 0. The molecule has 3 rings (SSSR count). The van der Waals surface area contributed by atoms with E-state index in [9.17, 15) is 0 Å². The normalized spacial score (nSPS) is 14.9. The summed E-state index contributed by atoms with van der Waals surface area (Å²) >= 11 is 5.95. The van der Waals surface area contributed by atoms with Crippen molar-refractivity contribution in [2.45, 2.75) is 12.8 Å². The zero-order valence-corrected chi connectivity index (χ0v) is 11.3. The van der Waals surface area contributed by atoms with Gasteiger partial charge in [0.15, 0.2) is 0 Å². The van der Waals surface area contributed by atoms with Crippen molar-refractivity contribution in [1.82, 2.24) is 24.7 Å². The van der Waals surface area contributed by atoms with Gasteiger partial charge in [0.1, 0.15) is 0 Å². The van der Waals surface area contributed by atoms with Crippen molar-refractivity contribution in [3.63, 3.8) is 0 Å². The quantitative estimate of drug-likeness (QED) is 0.920. The molecule has 1 saturated heterocycles. The second kappa shape index (κ2) is 5.00. The molecule has 1 fully saturated rings. The van der Waals surface area contributed by atoms with Gasteiger partial charge in [0.25, 0.3) is 0 Å². The first-order valence-corrected chi connectivity index (χ1v) is 6.51. The third kappa shape index (κ3) is 2.76. The Hall–Kier alpha value is -1.89. The maximum Gasteiger partial charge on any atom is 0.233 e. The topological polar surface area (TPSA) is 71.8 Å². The molecule has 2 aromatic rings. The summed E-state index contributed by atoms with van der Waals surface area (Å²) < 4.78 is 1.70. The van der Waals surface area contributed by atoms with Crippen LogP contribution in [0.5, 0.6) is 0 Å². The van der Waals surface area contributed by atoms with Crippen molar-refractivity contribution >= 4 is 29.2 Å². The number of hydrogen-bond acceptors (Lipinski definition) is 6. The molecule has 8 heteroatoms. The molecule has 0 amide bonds. The van der Waals surface area contributed by atoms with Crippen LogP contribution in [-0.4, -0.2) is 37.8 Å². The molecule has 7 nitrogen and oxygen atoms in total. The zero-order valence-electron chi connectivity index (χ0n) is 10.5. The minimum Gasteiger partial charge on any atom is -0.341 e. The highest BCUT2D eigenvalue weighted by Gasteiger charge is 2.17. The number of halogens is 1. The van der Waals surface area contributed by atoms with Crippen molar-refractivity contribution in [2.75, 3.05) is 23.3 Å². The third-order valence-electron chi connectivity index (χ3n) is 2.95. The monoisotopic (exact) mass is 279 g/mol. The van der Waals surface area contributed by atoms with Crippen LogP contribution in [0, 0.1) is 0 Å². The van der Waals surface area contributed by atoms with Gasteiger partial charge in [-0.05, 0) is 24.4 Å². The number of aromatic nitrogens is 5. The average Bonchev–Trinajstić information content (AvgIpc) is 3.00. The predicted molar refractivity (Wildman–Crippen MR) is 72.8 cm³/mol. The average molecular weight is 280 g/mol. The van der Waals surface area contributed by atoms with Crippen LogP contribution < -0.4 is 10.2 Å². The van der Waals surface area contributed by atoms with Crippen LogP contribution in [0.4, 0.5) is 17.6 Å². The van der Waals surface area contributed by atoms with Crippen LogP contribution in [0.1, 0.15) is 12.8 Å². The van der Waals surface area contributed by atoms with E-state index in [0.29, 0.717) is 11.9 Å². The van der Waals surface area contributed by atoms with E-state index in [1.165, 1.54) is 0 Å². The lowest BCUT2D eigenvalue weighted by molar-refractivity contribution is 0.768. The van der Waals surface area contributed by atoms with Gasteiger partial charge in [-0.3, -0.25) is 4.68 Å².